The van der Waals surface area contributed by atoms with E-state index in [1.54, 1.807) is 0 Å². The third kappa shape index (κ3) is 0.990. The Kier molecular flexibility index (Phi) is 1.61. The zero-order valence-corrected chi connectivity index (χ0v) is 8.88. The minimum atomic E-state index is 1.07. The van der Waals surface area contributed by atoms with E-state index in [2.05, 4.69) is 50.4 Å². The first kappa shape index (κ1) is 8.00. The normalized spacial score (nSPS) is 11.2. The SMILES string of the molecule is Brc1cccc2ccc3[nH]ncc3c12. The van der Waals surface area contributed by atoms with Gasteiger partial charge in [-0.15, -0.1) is 0 Å². The van der Waals surface area contributed by atoms with Crippen molar-refractivity contribution in [3.05, 3.63) is 41.0 Å². The van der Waals surface area contributed by atoms with Gasteiger partial charge in [0.25, 0.3) is 0 Å². The van der Waals surface area contributed by atoms with Crippen LogP contribution in [0.4, 0.5) is 0 Å². The summed E-state index contributed by atoms with van der Waals surface area (Å²) >= 11 is 3.56. The van der Waals surface area contributed by atoms with Crippen LogP contribution in [-0.4, -0.2) is 10.2 Å². The minimum absolute atomic E-state index is 1.07. The largest absolute Gasteiger partial charge is 0.278 e. The fraction of sp³-hybridized carbons (Fsp3) is 0. The molecular weight excluding hydrogens is 240 g/mol. The molecule has 0 bridgehead atoms. The van der Waals surface area contributed by atoms with E-state index in [9.17, 15) is 0 Å². The van der Waals surface area contributed by atoms with Crippen LogP contribution in [0.25, 0.3) is 21.7 Å². The quantitative estimate of drug-likeness (QED) is 0.647. The molecule has 2 aromatic carbocycles. The van der Waals surface area contributed by atoms with Crippen LogP contribution in [0.2, 0.25) is 0 Å². The van der Waals surface area contributed by atoms with Crippen LogP contribution < -0.4 is 0 Å². The first-order valence-corrected chi connectivity index (χ1v) is 5.16. The maximum atomic E-state index is 4.05. The number of aromatic nitrogens is 2. The monoisotopic (exact) mass is 246 g/mol. The Morgan fingerprint density at radius 1 is 1.14 bits per heavy atom. The van der Waals surface area contributed by atoms with Crippen LogP contribution >= 0.6 is 15.9 Å². The van der Waals surface area contributed by atoms with Crippen molar-refractivity contribution >= 4 is 37.6 Å². The zero-order chi connectivity index (χ0) is 9.54. The first-order valence-electron chi connectivity index (χ1n) is 4.36. The molecule has 1 aromatic heterocycles. The van der Waals surface area contributed by atoms with E-state index >= 15 is 0 Å². The van der Waals surface area contributed by atoms with Crippen molar-refractivity contribution in [3.63, 3.8) is 0 Å². The van der Waals surface area contributed by atoms with Gasteiger partial charge in [0, 0.05) is 15.2 Å². The van der Waals surface area contributed by atoms with Gasteiger partial charge in [0.05, 0.1) is 11.7 Å². The molecule has 0 spiro atoms. The van der Waals surface area contributed by atoms with E-state index in [4.69, 9.17) is 0 Å². The molecular formula is C11H7BrN2. The molecule has 3 heteroatoms. The second kappa shape index (κ2) is 2.82. The van der Waals surface area contributed by atoms with Crippen molar-refractivity contribution in [2.45, 2.75) is 0 Å². The second-order valence-electron chi connectivity index (χ2n) is 3.23. The summed E-state index contributed by atoms with van der Waals surface area (Å²) in [7, 11) is 0. The van der Waals surface area contributed by atoms with Crippen molar-refractivity contribution in [3.8, 4) is 0 Å². The molecule has 1 N–H and O–H groups in total. The Hall–Kier alpha value is -1.35. The highest BCUT2D eigenvalue weighted by atomic mass is 79.9. The van der Waals surface area contributed by atoms with Gasteiger partial charge in [0.15, 0.2) is 0 Å². The molecule has 0 unspecified atom stereocenters. The van der Waals surface area contributed by atoms with Crippen LogP contribution in [0.3, 0.4) is 0 Å². The predicted molar refractivity (Wildman–Crippen MR) is 61.3 cm³/mol. The number of hydrogen-bond donors (Lipinski definition) is 1. The molecule has 0 saturated carbocycles. The van der Waals surface area contributed by atoms with Crippen molar-refractivity contribution in [1.82, 2.24) is 10.2 Å². The van der Waals surface area contributed by atoms with E-state index in [1.807, 2.05) is 12.3 Å². The lowest BCUT2D eigenvalue weighted by molar-refractivity contribution is 1.12. The third-order valence-corrected chi connectivity index (χ3v) is 3.07. The number of aromatic amines is 1. The molecule has 0 aliphatic rings. The Bertz CT molecular complexity index is 613. The number of nitrogens with zero attached hydrogens (tertiary/aromatic N) is 1. The molecule has 0 saturated heterocycles. The van der Waals surface area contributed by atoms with Gasteiger partial charge in [-0.1, -0.05) is 34.1 Å². The molecule has 1 heterocycles. The standard InChI is InChI=1S/C11H7BrN2/c12-9-3-1-2-7-4-5-10-8(11(7)9)6-13-14-10/h1-6H,(H,13,14). The lowest BCUT2D eigenvalue weighted by Gasteiger charge is -2.00. The average Bonchev–Trinajstić information content (AvgIpc) is 2.65. The summed E-state index contributed by atoms with van der Waals surface area (Å²) in [5.41, 5.74) is 1.07. The highest BCUT2D eigenvalue weighted by molar-refractivity contribution is 9.10. The van der Waals surface area contributed by atoms with Crippen molar-refractivity contribution in [2.24, 2.45) is 0 Å². The third-order valence-electron chi connectivity index (χ3n) is 2.41. The molecule has 0 atom stereocenters. The minimum Gasteiger partial charge on any atom is -0.278 e. The van der Waals surface area contributed by atoms with Gasteiger partial charge in [-0.3, -0.25) is 5.10 Å². The number of benzene rings is 2. The summed E-state index contributed by atoms with van der Waals surface area (Å²) in [5, 5.41) is 10.6. The topological polar surface area (TPSA) is 28.7 Å². The fourth-order valence-electron chi connectivity index (χ4n) is 1.76. The van der Waals surface area contributed by atoms with Crippen molar-refractivity contribution in [2.75, 3.05) is 0 Å². The molecule has 0 amide bonds. The maximum Gasteiger partial charge on any atom is 0.0657 e. The molecule has 14 heavy (non-hydrogen) atoms. The van der Waals surface area contributed by atoms with Gasteiger partial charge >= 0.3 is 0 Å². The highest BCUT2D eigenvalue weighted by Gasteiger charge is 2.04. The van der Waals surface area contributed by atoms with Gasteiger partial charge < -0.3 is 0 Å². The van der Waals surface area contributed by atoms with Gasteiger partial charge in [0.1, 0.15) is 0 Å². The number of halogens is 1. The molecule has 3 rings (SSSR count). The summed E-state index contributed by atoms with van der Waals surface area (Å²) in [6.45, 7) is 0. The number of fused-ring (bicyclic) bond motifs is 3. The molecule has 2 nitrogen and oxygen atoms in total. The van der Waals surface area contributed by atoms with Crippen molar-refractivity contribution < 1.29 is 0 Å². The Labute approximate surface area is 89.1 Å². The first-order chi connectivity index (χ1) is 6.86. The van der Waals surface area contributed by atoms with Gasteiger partial charge in [0.2, 0.25) is 0 Å². The predicted octanol–water partition coefficient (Wildman–Crippen LogP) is 3.48. The molecule has 0 radical (unpaired) electrons. The maximum absolute atomic E-state index is 4.05. The van der Waals surface area contributed by atoms with E-state index in [1.165, 1.54) is 10.8 Å². The highest BCUT2D eigenvalue weighted by Crippen LogP contribution is 2.30. The Balaban J connectivity index is 2.67. The van der Waals surface area contributed by atoms with E-state index < -0.39 is 0 Å². The second-order valence-corrected chi connectivity index (χ2v) is 4.09. The van der Waals surface area contributed by atoms with Crippen LogP contribution in [0.5, 0.6) is 0 Å². The molecule has 68 valence electrons. The van der Waals surface area contributed by atoms with E-state index in [0.29, 0.717) is 0 Å². The smallest absolute Gasteiger partial charge is 0.0657 e. The summed E-state index contributed by atoms with van der Waals surface area (Å²) < 4.78 is 1.11. The van der Waals surface area contributed by atoms with Gasteiger partial charge in [-0.25, -0.2) is 0 Å². The number of rotatable bonds is 0. The lowest BCUT2D eigenvalue weighted by Crippen LogP contribution is -1.75. The number of nitrogens with one attached hydrogen (secondary N) is 1. The Morgan fingerprint density at radius 2 is 2.07 bits per heavy atom. The summed E-state index contributed by atoms with van der Waals surface area (Å²) in [4.78, 5) is 0. The van der Waals surface area contributed by atoms with Crippen LogP contribution in [0.15, 0.2) is 41.0 Å². The molecule has 0 fully saturated rings. The molecule has 0 aliphatic heterocycles. The Morgan fingerprint density at radius 3 is 3.00 bits per heavy atom. The molecule has 3 aromatic rings. The summed E-state index contributed by atoms with van der Waals surface area (Å²) in [6, 6.07) is 10.3. The number of hydrogen-bond acceptors (Lipinski definition) is 1. The van der Waals surface area contributed by atoms with E-state index in [0.717, 1.165) is 15.4 Å². The van der Waals surface area contributed by atoms with Crippen molar-refractivity contribution in [1.29, 1.82) is 0 Å². The summed E-state index contributed by atoms with van der Waals surface area (Å²) in [6.07, 6.45) is 1.86. The summed E-state index contributed by atoms with van der Waals surface area (Å²) in [5.74, 6) is 0. The van der Waals surface area contributed by atoms with Crippen LogP contribution in [-0.2, 0) is 0 Å². The molecule has 0 aliphatic carbocycles. The van der Waals surface area contributed by atoms with Gasteiger partial charge in [-0.2, -0.15) is 5.10 Å². The zero-order valence-electron chi connectivity index (χ0n) is 7.29. The number of H-pyrrole nitrogens is 1. The lowest BCUT2D eigenvalue weighted by atomic mass is 10.1. The van der Waals surface area contributed by atoms with Crippen LogP contribution in [0, 0.1) is 0 Å². The van der Waals surface area contributed by atoms with E-state index in [-0.39, 0.29) is 0 Å². The fourth-order valence-corrected chi connectivity index (χ4v) is 2.35. The van der Waals surface area contributed by atoms with Gasteiger partial charge in [-0.05, 0) is 17.5 Å². The van der Waals surface area contributed by atoms with Crippen LogP contribution in [0.1, 0.15) is 0 Å². The average molecular weight is 247 g/mol.